The Morgan fingerprint density at radius 3 is 1.67 bits per heavy atom. The van der Waals surface area contributed by atoms with Gasteiger partial charge in [0.15, 0.2) is 0 Å². The maximum absolute atomic E-state index is 9.46. The van der Waals surface area contributed by atoms with Gasteiger partial charge in [0.05, 0.1) is 6.23 Å². The number of aliphatic hydroxyl groups excluding tert-OH is 1. The predicted octanol–water partition coefficient (Wildman–Crippen LogP) is 0.219. The van der Waals surface area contributed by atoms with Gasteiger partial charge in [0.1, 0.15) is 0 Å². The van der Waals surface area contributed by atoms with Gasteiger partial charge < -0.3 is 18.4 Å². The standard InChI is InChI=1S/C12H22O4Si2/c1-14-17(4,10-13)11-6-8-12(9-7-11)18(5,15-2)16-3/h6-9,13H,10H2,1-5H3. The summed E-state index contributed by atoms with van der Waals surface area (Å²) in [7, 11) is 0.546. The van der Waals surface area contributed by atoms with E-state index >= 15 is 0 Å². The third kappa shape index (κ3) is 2.90. The highest BCUT2D eigenvalue weighted by Crippen LogP contribution is 2.07. The Morgan fingerprint density at radius 2 is 1.33 bits per heavy atom. The van der Waals surface area contributed by atoms with Crippen molar-refractivity contribution in [1.29, 1.82) is 0 Å². The molecule has 6 heteroatoms. The lowest BCUT2D eigenvalue weighted by Gasteiger charge is -2.26. The van der Waals surface area contributed by atoms with E-state index in [4.69, 9.17) is 13.3 Å². The molecule has 1 N–H and O–H groups in total. The highest BCUT2D eigenvalue weighted by Gasteiger charge is 2.34. The molecule has 0 radical (unpaired) electrons. The van der Waals surface area contributed by atoms with Crippen LogP contribution in [0.4, 0.5) is 0 Å². The fourth-order valence-electron chi connectivity index (χ4n) is 1.72. The fraction of sp³-hybridized carbons (Fsp3) is 0.500. The van der Waals surface area contributed by atoms with Crippen molar-refractivity contribution in [3.8, 4) is 0 Å². The van der Waals surface area contributed by atoms with E-state index < -0.39 is 16.9 Å². The van der Waals surface area contributed by atoms with Crippen LogP contribution in [-0.4, -0.2) is 49.5 Å². The van der Waals surface area contributed by atoms with Crippen molar-refractivity contribution in [3.63, 3.8) is 0 Å². The molecule has 0 aliphatic carbocycles. The minimum absolute atomic E-state index is 0.0755. The molecule has 0 heterocycles. The minimum Gasteiger partial charge on any atom is -0.413 e. The topological polar surface area (TPSA) is 47.9 Å². The monoisotopic (exact) mass is 286 g/mol. The van der Waals surface area contributed by atoms with Gasteiger partial charge in [0.2, 0.25) is 8.32 Å². The lowest BCUT2D eigenvalue weighted by Crippen LogP contribution is -2.53. The van der Waals surface area contributed by atoms with Crippen LogP contribution in [0.3, 0.4) is 0 Å². The van der Waals surface area contributed by atoms with Crippen molar-refractivity contribution in [1.82, 2.24) is 0 Å². The average Bonchev–Trinajstić information content (AvgIpc) is 2.45. The summed E-state index contributed by atoms with van der Waals surface area (Å²) in [6.07, 6.45) is 0.0755. The first-order valence-electron chi connectivity index (χ1n) is 5.83. The van der Waals surface area contributed by atoms with Crippen molar-refractivity contribution in [2.75, 3.05) is 27.6 Å². The van der Waals surface area contributed by atoms with Crippen molar-refractivity contribution in [2.45, 2.75) is 13.1 Å². The third-order valence-electron chi connectivity index (χ3n) is 3.55. The largest absolute Gasteiger partial charge is 0.413 e. The number of hydrogen-bond donors (Lipinski definition) is 1. The Morgan fingerprint density at radius 1 is 0.889 bits per heavy atom. The molecule has 1 aromatic carbocycles. The highest BCUT2D eigenvalue weighted by molar-refractivity contribution is 6.85. The summed E-state index contributed by atoms with van der Waals surface area (Å²) in [5.41, 5.74) is 0. The summed E-state index contributed by atoms with van der Waals surface area (Å²) in [6, 6.07) is 8.03. The zero-order valence-electron chi connectivity index (χ0n) is 11.7. The first kappa shape index (κ1) is 15.6. The number of benzene rings is 1. The minimum atomic E-state index is -2.26. The van der Waals surface area contributed by atoms with Crippen molar-refractivity contribution in [2.24, 2.45) is 0 Å². The number of hydrogen-bond acceptors (Lipinski definition) is 4. The molecule has 1 atom stereocenters. The van der Waals surface area contributed by atoms with Crippen LogP contribution in [0.25, 0.3) is 0 Å². The van der Waals surface area contributed by atoms with Crippen LogP contribution in [0.2, 0.25) is 13.1 Å². The molecule has 1 aromatic rings. The average molecular weight is 286 g/mol. The molecule has 18 heavy (non-hydrogen) atoms. The molecule has 0 bridgehead atoms. The van der Waals surface area contributed by atoms with Crippen LogP contribution in [0.1, 0.15) is 0 Å². The zero-order chi connectivity index (χ0) is 13.8. The maximum Gasteiger partial charge on any atom is 0.368 e. The summed E-state index contributed by atoms with van der Waals surface area (Å²) in [5.74, 6) is 0. The molecule has 0 aliphatic rings. The predicted molar refractivity (Wildman–Crippen MR) is 77.1 cm³/mol. The van der Waals surface area contributed by atoms with Gasteiger partial charge >= 0.3 is 8.56 Å². The SMILES string of the molecule is CO[Si](C)(CO)c1ccc([Si](C)(OC)OC)cc1. The van der Waals surface area contributed by atoms with Crippen LogP contribution in [0, 0.1) is 0 Å². The molecule has 0 amide bonds. The summed E-state index contributed by atoms with van der Waals surface area (Å²) in [4.78, 5) is 0. The van der Waals surface area contributed by atoms with E-state index in [-0.39, 0.29) is 6.23 Å². The lowest BCUT2D eigenvalue weighted by molar-refractivity contribution is 0.265. The molecule has 0 aliphatic heterocycles. The molecule has 0 fully saturated rings. The van der Waals surface area contributed by atoms with E-state index in [0.717, 1.165) is 10.4 Å². The Labute approximate surface area is 111 Å². The Hall–Kier alpha value is -0.506. The number of rotatable bonds is 6. The maximum atomic E-state index is 9.46. The van der Waals surface area contributed by atoms with E-state index in [0.29, 0.717) is 0 Å². The van der Waals surface area contributed by atoms with Crippen molar-refractivity contribution in [3.05, 3.63) is 24.3 Å². The van der Waals surface area contributed by atoms with Crippen LogP contribution in [-0.2, 0) is 13.3 Å². The Balaban J connectivity index is 3.06. The molecular weight excluding hydrogens is 264 g/mol. The summed E-state index contributed by atoms with van der Waals surface area (Å²) < 4.78 is 16.5. The second kappa shape index (κ2) is 6.09. The van der Waals surface area contributed by atoms with Crippen LogP contribution in [0.5, 0.6) is 0 Å². The van der Waals surface area contributed by atoms with Gasteiger partial charge in [-0.2, -0.15) is 0 Å². The van der Waals surface area contributed by atoms with Crippen LogP contribution < -0.4 is 10.4 Å². The lowest BCUT2D eigenvalue weighted by atomic mass is 10.4. The molecule has 0 spiro atoms. The van der Waals surface area contributed by atoms with Gasteiger partial charge in [-0.3, -0.25) is 0 Å². The van der Waals surface area contributed by atoms with E-state index in [1.54, 1.807) is 21.3 Å². The van der Waals surface area contributed by atoms with Gasteiger partial charge in [0, 0.05) is 21.3 Å². The molecular formula is C12H22O4Si2. The number of aliphatic hydroxyl groups is 1. The zero-order valence-corrected chi connectivity index (χ0v) is 13.7. The first-order valence-corrected chi connectivity index (χ1v) is 10.8. The van der Waals surface area contributed by atoms with Gasteiger partial charge in [-0.25, -0.2) is 0 Å². The Kier molecular flexibility index (Phi) is 5.26. The molecule has 4 nitrogen and oxygen atoms in total. The van der Waals surface area contributed by atoms with Crippen LogP contribution in [0.15, 0.2) is 24.3 Å². The second-order valence-electron chi connectivity index (χ2n) is 4.52. The molecule has 0 aromatic heterocycles. The van der Waals surface area contributed by atoms with Gasteiger partial charge in [0.25, 0.3) is 0 Å². The molecule has 0 saturated heterocycles. The van der Waals surface area contributed by atoms with Crippen LogP contribution >= 0.6 is 0 Å². The van der Waals surface area contributed by atoms with E-state index in [1.807, 2.05) is 37.4 Å². The Bertz CT molecular complexity index is 335. The van der Waals surface area contributed by atoms with Gasteiger partial charge in [-0.05, 0) is 23.5 Å². The molecule has 102 valence electrons. The second-order valence-corrected chi connectivity index (χ2v) is 11.6. The smallest absolute Gasteiger partial charge is 0.368 e. The fourth-order valence-corrected chi connectivity index (χ4v) is 4.55. The normalized spacial score (nSPS) is 15.4. The summed E-state index contributed by atoms with van der Waals surface area (Å²) in [5, 5.41) is 11.6. The molecule has 1 rings (SSSR count). The van der Waals surface area contributed by atoms with E-state index in [2.05, 4.69) is 0 Å². The van der Waals surface area contributed by atoms with Crippen molar-refractivity contribution < 1.29 is 18.4 Å². The van der Waals surface area contributed by atoms with E-state index in [1.165, 1.54) is 0 Å². The van der Waals surface area contributed by atoms with Gasteiger partial charge in [-0.1, -0.05) is 24.3 Å². The van der Waals surface area contributed by atoms with Crippen molar-refractivity contribution >= 4 is 27.3 Å². The summed E-state index contributed by atoms with van der Waals surface area (Å²) in [6.45, 7) is 3.99. The third-order valence-corrected chi connectivity index (χ3v) is 9.55. The van der Waals surface area contributed by atoms with Gasteiger partial charge in [-0.15, -0.1) is 0 Å². The van der Waals surface area contributed by atoms with E-state index in [9.17, 15) is 5.11 Å². The quantitative estimate of drug-likeness (QED) is 0.760. The molecule has 0 saturated carbocycles. The first-order chi connectivity index (χ1) is 8.45. The highest BCUT2D eigenvalue weighted by atomic mass is 28.4. The molecule has 1 unspecified atom stereocenters. The summed E-state index contributed by atoms with van der Waals surface area (Å²) >= 11 is 0.